The van der Waals surface area contributed by atoms with Crippen LogP contribution in [-0.2, 0) is 0 Å². The number of aromatic hydroxyl groups is 2. The van der Waals surface area contributed by atoms with Gasteiger partial charge in [-0.25, -0.2) is 0 Å². The third kappa shape index (κ3) is 1.02. The molecule has 1 aromatic heterocycles. The number of hydrogen-bond acceptors (Lipinski definition) is 3. The zero-order valence-corrected chi connectivity index (χ0v) is 5.06. The summed E-state index contributed by atoms with van der Waals surface area (Å²) >= 11 is 0. The van der Waals surface area contributed by atoms with Gasteiger partial charge >= 0.3 is 0 Å². The molecule has 0 saturated carbocycles. The van der Waals surface area contributed by atoms with Gasteiger partial charge in [-0.15, -0.1) is 0 Å². The molecule has 0 atom stereocenters. The first-order valence-corrected chi connectivity index (χ1v) is 2.53. The summed E-state index contributed by atoms with van der Waals surface area (Å²) in [7, 11) is 0. The van der Waals surface area contributed by atoms with Crippen molar-refractivity contribution in [1.82, 2.24) is 4.98 Å². The van der Waals surface area contributed by atoms with Crippen molar-refractivity contribution in [3.63, 3.8) is 0 Å². The topological polar surface area (TPSA) is 73.3 Å². The molecular weight excluding hydrogens is 160 g/mol. The second kappa shape index (κ2) is 2.22. The van der Waals surface area contributed by atoms with Crippen LogP contribution in [0.5, 0.6) is 11.6 Å². The van der Waals surface area contributed by atoms with Crippen molar-refractivity contribution in [2.24, 2.45) is 0 Å². The van der Waals surface area contributed by atoms with Crippen LogP contribution >= 0.6 is 0 Å². The van der Waals surface area contributed by atoms with Crippen molar-refractivity contribution < 1.29 is 19.0 Å². The van der Waals surface area contributed by atoms with E-state index in [-0.39, 0.29) is 0 Å². The summed E-state index contributed by atoms with van der Waals surface area (Å²) in [6.07, 6.45) is 0. The molecule has 1 rings (SSSR count). The molecule has 0 bridgehead atoms. The number of hydrogen-bond donors (Lipinski definition) is 3. The molecule has 1 heterocycles. The first kappa shape index (κ1) is 7.52. The fourth-order valence-electron chi connectivity index (χ4n) is 0.533. The van der Waals surface area contributed by atoms with Gasteiger partial charge in [0, 0.05) is 0 Å². The van der Waals surface area contributed by atoms with Crippen molar-refractivity contribution in [3.05, 3.63) is 22.0 Å². The van der Waals surface area contributed by atoms with Crippen LogP contribution in [0, 0.1) is 11.6 Å². The van der Waals surface area contributed by atoms with Gasteiger partial charge in [0.15, 0.2) is 5.75 Å². The van der Waals surface area contributed by atoms with Crippen molar-refractivity contribution in [1.29, 1.82) is 0 Å². The number of rotatable bonds is 0. The molecule has 1 aromatic rings. The van der Waals surface area contributed by atoms with Crippen molar-refractivity contribution in [2.75, 3.05) is 0 Å². The molecule has 0 aliphatic carbocycles. The first-order valence-electron chi connectivity index (χ1n) is 2.53. The number of aromatic nitrogens is 1. The molecule has 0 aromatic carbocycles. The quantitative estimate of drug-likeness (QED) is 0.506. The number of nitrogens with one attached hydrogen (secondary N) is 1. The Hall–Kier alpha value is -1.59. The number of H-pyrrole nitrogens is 1. The van der Waals surface area contributed by atoms with E-state index in [0.29, 0.717) is 0 Å². The van der Waals surface area contributed by atoms with Gasteiger partial charge in [-0.1, -0.05) is 0 Å². The fourth-order valence-corrected chi connectivity index (χ4v) is 0.533. The molecule has 0 aliphatic rings. The predicted octanol–water partition coefficient (Wildman–Crippen LogP) is 0.0643. The molecule has 0 saturated heterocycles. The summed E-state index contributed by atoms with van der Waals surface area (Å²) in [6, 6.07) is 0. The second-order valence-electron chi connectivity index (χ2n) is 1.78. The Labute approximate surface area is 58.7 Å². The Balaban J connectivity index is 3.59. The lowest BCUT2D eigenvalue weighted by Crippen LogP contribution is -2.11. The van der Waals surface area contributed by atoms with Crippen LogP contribution in [0.1, 0.15) is 0 Å². The Kier molecular flexibility index (Phi) is 1.52. The highest BCUT2D eigenvalue weighted by molar-refractivity contribution is 5.28. The summed E-state index contributed by atoms with van der Waals surface area (Å²) in [4.78, 5) is 11.7. The third-order valence-electron chi connectivity index (χ3n) is 1.06. The Morgan fingerprint density at radius 1 is 1.18 bits per heavy atom. The van der Waals surface area contributed by atoms with E-state index in [2.05, 4.69) is 0 Å². The van der Waals surface area contributed by atoms with Gasteiger partial charge in [-0.3, -0.25) is 9.78 Å². The summed E-state index contributed by atoms with van der Waals surface area (Å²) in [5.41, 5.74) is -1.37. The lowest BCUT2D eigenvalue weighted by Gasteiger charge is -1.97. The summed E-state index contributed by atoms with van der Waals surface area (Å²) in [5, 5.41) is 16.9. The van der Waals surface area contributed by atoms with E-state index in [1.54, 1.807) is 0 Å². The minimum absolute atomic E-state index is 1.19. The molecule has 4 nitrogen and oxygen atoms in total. The second-order valence-corrected chi connectivity index (χ2v) is 1.78. The van der Waals surface area contributed by atoms with E-state index in [4.69, 9.17) is 10.2 Å². The molecular formula is C5H3F2NO3. The first-order chi connectivity index (χ1) is 5.04. The zero-order valence-electron chi connectivity index (χ0n) is 5.06. The SMILES string of the molecule is O=c1[nH]c(O)c(F)c(O)c1F. The number of aromatic amines is 1. The van der Waals surface area contributed by atoms with Crippen LogP contribution in [-0.4, -0.2) is 15.2 Å². The Bertz CT molecular complexity index is 346. The lowest BCUT2D eigenvalue weighted by atomic mass is 10.4. The van der Waals surface area contributed by atoms with E-state index in [1.807, 2.05) is 0 Å². The molecule has 0 aliphatic heterocycles. The van der Waals surface area contributed by atoms with E-state index in [9.17, 15) is 13.6 Å². The predicted molar refractivity (Wildman–Crippen MR) is 30.3 cm³/mol. The maximum absolute atomic E-state index is 12.3. The molecule has 0 amide bonds. The van der Waals surface area contributed by atoms with Gasteiger partial charge in [0.25, 0.3) is 5.56 Å². The highest BCUT2D eigenvalue weighted by Crippen LogP contribution is 2.21. The maximum Gasteiger partial charge on any atom is 0.290 e. The van der Waals surface area contributed by atoms with E-state index in [0.717, 1.165) is 0 Å². The average Bonchev–Trinajstić information content (AvgIpc) is 1.97. The van der Waals surface area contributed by atoms with Crippen LogP contribution in [0.4, 0.5) is 8.78 Å². The highest BCUT2D eigenvalue weighted by atomic mass is 19.1. The van der Waals surface area contributed by atoms with Gasteiger partial charge in [0.1, 0.15) is 0 Å². The summed E-state index contributed by atoms with van der Waals surface area (Å²) in [5.74, 6) is -5.90. The van der Waals surface area contributed by atoms with Crippen LogP contribution in [0.3, 0.4) is 0 Å². The molecule has 0 fully saturated rings. The smallest absolute Gasteiger partial charge is 0.290 e. The van der Waals surface area contributed by atoms with Crippen molar-refractivity contribution in [2.45, 2.75) is 0 Å². The van der Waals surface area contributed by atoms with Crippen molar-refractivity contribution >= 4 is 0 Å². The van der Waals surface area contributed by atoms with Gasteiger partial charge < -0.3 is 10.2 Å². The van der Waals surface area contributed by atoms with Crippen molar-refractivity contribution in [3.8, 4) is 11.6 Å². The molecule has 0 unspecified atom stereocenters. The molecule has 60 valence electrons. The molecule has 6 heteroatoms. The summed E-state index contributed by atoms with van der Waals surface area (Å²) < 4.78 is 24.5. The molecule has 3 N–H and O–H groups in total. The summed E-state index contributed by atoms with van der Waals surface area (Å²) in [6.45, 7) is 0. The van der Waals surface area contributed by atoms with Crippen LogP contribution in [0.15, 0.2) is 4.79 Å². The molecule has 0 spiro atoms. The highest BCUT2D eigenvalue weighted by Gasteiger charge is 2.15. The van der Waals surface area contributed by atoms with Crippen LogP contribution in [0.25, 0.3) is 0 Å². The van der Waals surface area contributed by atoms with Crippen LogP contribution in [0.2, 0.25) is 0 Å². The zero-order chi connectivity index (χ0) is 8.59. The fraction of sp³-hybridized carbons (Fsp3) is 0. The monoisotopic (exact) mass is 163 g/mol. The number of halogens is 2. The standard InChI is InChI=1S/C5H3F2NO3/c6-1-3(9)2(7)5(11)8-4(1)10/h(H3,8,9,10,11). The molecule has 0 radical (unpaired) electrons. The van der Waals surface area contributed by atoms with E-state index >= 15 is 0 Å². The van der Waals surface area contributed by atoms with E-state index in [1.165, 1.54) is 4.98 Å². The van der Waals surface area contributed by atoms with Gasteiger partial charge in [-0.05, 0) is 0 Å². The minimum Gasteiger partial charge on any atom is -0.502 e. The molecule has 11 heavy (non-hydrogen) atoms. The van der Waals surface area contributed by atoms with E-state index < -0.39 is 28.8 Å². The van der Waals surface area contributed by atoms with Crippen LogP contribution < -0.4 is 5.56 Å². The normalized spacial score (nSPS) is 10.0. The largest absolute Gasteiger partial charge is 0.502 e. The minimum atomic E-state index is -1.65. The average molecular weight is 163 g/mol. The van der Waals surface area contributed by atoms with Gasteiger partial charge in [0.05, 0.1) is 0 Å². The maximum atomic E-state index is 12.3. The number of pyridine rings is 1. The Morgan fingerprint density at radius 2 is 1.73 bits per heavy atom. The van der Waals surface area contributed by atoms with Gasteiger partial charge in [-0.2, -0.15) is 8.78 Å². The Morgan fingerprint density at radius 3 is 2.27 bits per heavy atom. The van der Waals surface area contributed by atoms with Gasteiger partial charge in [0.2, 0.25) is 17.5 Å². The third-order valence-corrected chi connectivity index (χ3v) is 1.06. The lowest BCUT2D eigenvalue weighted by molar-refractivity contribution is 0.350.